The van der Waals surface area contributed by atoms with Crippen LogP contribution in [0.4, 0.5) is 9.18 Å². The molecule has 1 saturated heterocycles. The van der Waals surface area contributed by atoms with Crippen molar-refractivity contribution >= 4 is 27.9 Å². The Hall–Kier alpha value is -2.21. The van der Waals surface area contributed by atoms with Crippen molar-refractivity contribution in [2.24, 2.45) is 0 Å². The minimum atomic E-state index is -1.19. The van der Waals surface area contributed by atoms with Crippen LogP contribution >= 0.6 is 15.9 Å². The van der Waals surface area contributed by atoms with Crippen LogP contribution in [0.25, 0.3) is 0 Å². The van der Waals surface area contributed by atoms with Gasteiger partial charge in [0.1, 0.15) is 11.4 Å². The fourth-order valence-electron chi connectivity index (χ4n) is 2.62. The highest BCUT2D eigenvalue weighted by molar-refractivity contribution is 9.10. The normalized spacial score (nSPS) is 20.7. The summed E-state index contributed by atoms with van der Waals surface area (Å²) in [5.41, 5.74) is 0.192. The molecule has 4 nitrogen and oxygen atoms in total. The first-order chi connectivity index (χ1) is 10.9. The first kappa shape index (κ1) is 15.7. The number of hydrogen-bond acceptors (Lipinski definition) is 2. The van der Waals surface area contributed by atoms with Crippen LogP contribution in [-0.2, 0) is 16.9 Å². The molecule has 1 fully saturated rings. The van der Waals surface area contributed by atoms with E-state index < -0.39 is 11.6 Å². The molecule has 1 atom stereocenters. The van der Waals surface area contributed by atoms with Crippen LogP contribution in [0.5, 0.6) is 0 Å². The molecule has 2 aromatic rings. The van der Waals surface area contributed by atoms with Gasteiger partial charge < -0.3 is 5.32 Å². The number of benzene rings is 2. The van der Waals surface area contributed by atoms with E-state index in [2.05, 4.69) is 21.2 Å². The highest BCUT2D eigenvalue weighted by atomic mass is 79.9. The maximum Gasteiger partial charge on any atom is 0.325 e. The largest absolute Gasteiger partial charge is 0.325 e. The Labute approximate surface area is 141 Å². The summed E-state index contributed by atoms with van der Waals surface area (Å²) >= 11 is 3.41. The van der Waals surface area contributed by atoms with Gasteiger partial charge >= 0.3 is 6.03 Å². The molecule has 3 rings (SSSR count). The van der Waals surface area contributed by atoms with E-state index in [9.17, 15) is 14.0 Å². The molecule has 0 aliphatic carbocycles. The lowest BCUT2D eigenvalue weighted by molar-refractivity contribution is -0.131. The Morgan fingerprint density at radius 2 is 1.78 bits per heavy atom. The van der Waals surface area contributed by atoms with Crippen LogP contribution in [0.3, 0.4) is 0 Å². The van der Waals surface area contributed by atoms with Gasteiger partial charge in [-0.25, -0.2) is 9.18 Å². The molecule has 0 radical (unpaired) electrons. The first-order valence-electron chi connectivity index (χ1n) is 7.05. The Morgan fingerprint density at radius 1 is 1.13 bits per heavy atom. The van der Waals surface area contributed by atoms with E-state index in [1.807, 2.05) is 24.3 Å². The van der Waals surface area contributed by atoms with Gasteiger partial charge in [-0.2, -0.15) is 0 Å². The lowest BCUT2D eigenvalue weighted by atomic mass is 9.92. The van der Waals surface area contributed by atoms with Gasteiger partial charge in [-0.15, -0.1) is 0 Å². The molecule has 0 bridgehead atoms. The van der Waals surface area contributed by atoms with Crippen molar-refractivity contribution in [2.45, 2.75) is 19.0 Å². The summed E-state index contributed by atoms with van der Waals surface area (Å²) in [4.78, 5) is 26.2. The summed E-state index contributed by atoms with van der Waals surface area (Å²) in [5, 5.41) is 2.71. The van der Waals surface area contributed by atoms with Crippen LogP contribution < -0.4 is 5.32 Å². The van der Waals surface area contributed by atoms with Gasteiger partial charge in [0, 0.05) is 4.47 Å². The smallest absolute Gasteiger partial charge is 0.319 e. The van der Waals surface area contributed by atoms with Crippen molar-refractivity contribution < 1.29 is 14.0 Å². The molecule has 3 amide bonds. The number of hydrogen-bond donors (Lipinski definition) is 1. The number of halogens is 2. The number of nitrogens with one attached hydrogen (secondary N) is 1. The molecular formula is C17H14BrFN2O2. The average Bonchev–Trinajstić information content (AvgIpc) is 2.74. The first-order valence-corrected chi connectivity index (χ1v) is 7.84. The maximum atomic E-state index is 13.1. The maximum absolute atomic E-state index is 13.1. The lowest BCUT2D eigenvalue weighted by Crippen LogP contribution is -2.40. The zero-order valence-electron chi connectivity index (χ0n) is 12.3. The van der Waals surface area contributed by atoms with Crippen molar-refractivity contribution in [3.63, 3.8) is 0 Å². The minimum Gasteiger partial charge on any atom is -0.319 e. The SMILES string of the molecule is CC1(c2ccc(F)cc2)NC(=O)N(Cc2ccccc2Br)C1=O. The van der Waals surface area contributed by atoms with Crippen molar-refractivity contribution in [1.29, 1.82) is 0 Å². The summed E-state index contributed by atoms with van der Waals surface area (Å²) in [7, 11) is 0. The van der Waals surface area contributed by atoms with E-state index in [-0.39, 0.29) is 18.3 Å². The fourth-order valence-corrected chi connectivity index (χ4v) is 3.03. The Balaban J connectivity index is 1.90. The van der Waals surface area contributed by atoms with Gasteiger partial charge in [-0.1, -0.05) is 46.3 Å². The van der Waals surface area contributed by atoms with E-state index >= 15 is 0 Å². The van der Waals surface area contributed by atoms with E-state index in [0.29, 0.717) is 5.56 Å². The van der Waals surface area contributed by atoms with Crippen molar-refractivity contribution in [2.75, 3.05) is 0 Å². The van der Waals surface area contributed by atoms with Gasteiger partial charge in [0.25, 0.3) is 5.91 Å². The van der Waals surface area contributed by atoms with E-state index in [1.165, 1.54) is 29.2 Å². The van der Waals surface area contributed by atoms with Crippen LogP contribution in [0.15, 0.2) is 53.0 Å². The predicted octanol–water partition coefficient (Wildman–Crippen LogP) is 3.56. The molecule has 1 unspecified atom stereocenters. The standard InChI is InChI=1S/C17H14BrFN2O2/c1-17(12-6-8-13(19)9-7-12)15(22)21(16(23)20-17)10-11-4-2-3-5-14(11)18/h2-9H,10H2,1H3,(H,20,23). The summed E-state index contributed by atoms with van der Waals surface area (Å²) < 4.78 is 13.9. The zero-order valence-corrected chi connectivity index (χ0v) is 13.9. The van der Waals surface area contributed by atoms with Crippen molar-refractivity contribution in [1.82, 2.24) is 10.2 Å². The summed E-state index contributed by atoms with van der Waals surface area (Å²) in [6, 6.07) is 12.5. The number of carbonyl (C=O) groups is 2. The molecular weight excluding hydrogens is 363 g/mol. The Bertz CT molecular complexity index is 778. The zero-order chi connectivity index (χ0) is 16.6. The van der Waals surface area contributed by atoms with E-state index in [4.69, 9.17) is 0 Å². The molecule has 1 aliphatic rings. The number of carbonyl (C=O) groups excluding carboxylic acids is 2. The third-order valence-corrected chi connectivity index (χ3v) is 4.76. The molecule has 1 heterocycles. The topological polar surface area (TPSA) is 49.4 Å². The van der Waals surface area contributed by atoms with Crippen LogP contribution in [0.2, 0.25) is 0 Å². The molecule has 1 N–H and O–H groups in total. The van der Waals surface area contributed by atoms with Gasteiger partial charge in [-0.05, 0) is 36.2 Å². The molecule has 23 heavy (non-hydrogen) atoms. The van der Waals surface area contributed by atoms with Crippen LogP contribution in [0, 0.1) is 5.82 Å². The molecule has 2 aromatic carbocycles. The van der Waals surface area contributed by atoms with Crippen molar-refractivity contribution in [3.8, 4) is 0 Å². The summed E-state index contributed by atoms with van der Waals surface area (Å²) in [6.45, 7) is 1.80. The van der Waals surface area contributed by atoms with Crippen LogP contribution in [0.1, 0.15) is 18.1 Å². The number of urea groups is 1. The fraction of sp³-hybridized carbons (Fsp3) is 0.176. The number of nitrogens with zero attached hydrogens (tertiary/aromatic N) is 1. The predicted molar refractivity (Wildman–Crippen MR) is 87.0 cm³/mol. The second-order valence-electron chi connectivity index (χ2n) is 5.54. The highest BCUT2D eigenvalue weighted by Gasteiger charge is 2.48. The number of imide groups is 1. The van der Waals surface area contributed by atoms with E-state index in [1.54, 1.807) is 6.92 Å². The van der Waals surface area contributed by atoms with Gasteiger partial charge in [0.05, 0.1) is 6.54 Å². The molecule has 0 aromatic heterocycles. The third kappa shape index (κ3) is 2.74. The van der Waals surface area contributed by atoms with Gasteiger partial charge in [0.15, 0.2) is 0 Å². The van der Waals surface area contributed by atoms with Crippen molar-refractivity contribution in [3.05, 3.63) is 69.9 Å². The molecule has 1 aliphatic heterocycles. The highest BCUT2D eigenvalue weighted by Crippen LogP contribution is 2.30. The second-order valence-corrected chi connectivity index (χ2v) is 6.40. The Morgan fingerprint density at radius 3 is 2.43 bits per heavy atom. The van der Waals surface area contributed by atoms with Gasteiger partial charge in [-0.3, -0.25) is 9.69 Å². The summed E-state index contributed by atoms with van der Waals surface area (Å²) in [5.74, 6) is -0.746. The van der Waals surface area contributed by atoms with Crippen LogP contribution in [-0.4, -0.2) is 16.8 Å². The quantitative estimate of drug-likeness (QED) is 0.832. The molecule has 0 spiro atoms. The van der Waals surface area contributed by atoms with E-state index in [0.717, 1.165) is 10.0 Å². The molecule has 6 heteroatoms. The summed E-state index contributed by atoms with van der Waals surface area (Å²) in [6.07, 6.45) is 0. The lowest BCUT2D eigenvalue weighted by Gasteiger charge is -2.22. The molecule has 0 saturated carbocycles. The monoisotopic (exact) mass is 376 g/mol. The average molecular weight is 377 g/mol. The Kier molecular flexibility index (Phi) is 3.93. The van der Waals surface area contributed by atoms with Gasteiger partial charge in [0.2, 0.25) is 0 Å². The third-order valence-electron chi connectivity index (χ3n) is 3.98. The molecule has 118 valence electrons. The second kappa shape index (κ2) is 5.77. The number of rotatable bonds is 3. The number of amides is 3. The minimum absolute atomic E-state index is 0.170.